The van der Waals surface area contributed by atoms with Crippen LogP contribution in [0.1, 0.15) is 34.1 Å². The van der Waals surface area contributed by atoms with Crippen LogP contribution in [-0.4, -0.2) is 22.3 Å². The molecular formula is C16H22O4. The molecule has 4 heteroatoms. The SMILES string of the molecule is C=CC(=O)OC(C)(C)CC(C)(C)Oc1ccc(O)cc1. The summed E-state index contributed by atoms with van der Waals surface area (Å²) in [5.41, 5.74) is -1.19. The van der Waals surface area contributed by atoms with Crippen molar-refractivity contribution < 1.29 is 19.4 Å². The fourth-order valence-electron chi connectivity index (χ4n) is 2.24. The third-order valence-corrected chi connectivity index (χ3v) is 2.63. The average molecular weight is 278 g/mol. The Morgan fingerprint density at radius 1 is 1.20 bits per heavy atom. The third-order valence-electron chi connectivity index (χ3n) is 2.63. The summed E-state index contributed by atoms with van der Waals surface area (Å²) in [4.78, 5) is 11.3. The molecule has 0 atom stereocenters. The lowest BCUT2D eigenvalue weighted by Gasteiger charge is -2.34. The Labute approximate surface area is 120 Å². The van der Waals surface area contributed by atoms with Crippen LogP contribution in [0, 0.1) is 0 Å². The molecule has 0 aliphatic rings. The highest BCUT2D eigenvalue weighted by Crippen LogP contribution is 2.29. The number of benzene rings is 1. The molecule has 110 valence electrons. The quantitative estimate of drug-likeness (QED) is 0.639. The van der Waals surface area contributed by atoms with Crippen LogP contribution >= 0.6 is 0 Å². The van der Waals surface area contributed by atoms with E-state index in [1.165, 1.54) is 0 Å². The van der Waals surface area contributed by atoms with Crippen molar-refractivity contribution in [3.8, 4) is 11.5 Å². The van der Waals surface area contributed by atoms with Crippen molar-refractivity contribution in [2.24, 2.45) is 0 Å². The standard InChI is InChI=1S/C16H22O4/c1-6-14(18)20-16(4,5)11-15(2,3)19-13-9-7-12(17)8-10-13/h6-10,17H,1,11H2,2-5H3. The molecule has 0 bridgehead atoms. The first-order valence-electron chi connectivity index (χ1n) is 6.47. The highest BCUT2D eigenvalue weighted by atomic mass is 16.6. The maximum atomic E-state index is 11.3. The van der Waals surface area contributed by atoms with Gasteiger partial charge in [0, 0.05) is 12.5 Å². The number of hydrogen-bond donors (Lipinski definition) is 1. The van der Waals surface area contributed by atoms with Crippen molar-refractivity contribution in [3.05, 3.63) is 36.9 Å². The lowest BCUT2D eigenvalue weighted by molar-refractivity contribution is -0.154. The molecule has 4 nitrogen and oxygen atoms in total. The summed E-state index contributed by atoms with van der Waals surface area (Å²) >= 11 is 0. The smallest absolute Gasteiger partial charge is 0.330 e. The number of phenolic OH excluding ortho intramolecular Hbond substituents is 1. The van der Waals surface area contributed by atoms with E-state index in [-0.39, 0.29) is 5.75 Å². The zero-order valence-electron chi connectivity index (χ0n) is 12.5. The van der Waals surface area contributed by atoms with Gasteiger partial charge in [-0.05, 0) is 52.0 Å². The highest BCUT2D eigenvalue weighted by molar-refractivity contribution is 5.81. The Hall–Kier alpha value is -1.97. The molecule has 0 unspecified atom stereocenters. The summed E-state index contributed by atoms with van der Waals surface area (Å²) < 4.78 is 11.2. The van der Waals surface area contributed by atoms with Crippen molar-refractivity contribution in [1.29, 1.82) is 0 Å². The Balaban J connectivity index is 2.70. The lowest BCUT2D eigenvalue weighted by Crippen LogP contribution is -2.40. The molecule has 0 amide bonds. The van der Waals surface area contributed by atoms with Crippen molar-refractivity contribution in [2.45, 2.75) is 45.3 Å². The number of esters is 1. The number of aromatic hydroxyl groups is 1. The fourth-order valence-corrected chi connectivity index (χ4v) is 2.24. The number of carbonyl (C=O) groups excluding carboxylic acids is 1. The predicted octanol–water partition coefficient (Wildman–Crippen LogP) is 3.45. The monoisotopic (exact) mass is 278 g/mol. The van der Waals surface area contributed by atoms with Gasteiger partial charge >= 0.3 is 5.97 Å². The number of phenols is 1. The summed E-state index contributed by atoms with van der Waals surface area (Å²) in [5, 5.41) is 9.25. The zero-order chi connectivity index (χ0) is 15.4. The number of rotatable bonds is 6. The van der Waals surface area contributed by atoms with E-state index in [1.54, 1.807) is 24.3 Å². The number of carbonyl (C=O) groups is 1. The van der Waals surface area contributed by atoms with Crippen LogP contribution in [0.5, 0.6) is 11.5 Å². The normalized spacial score (nSPS) is 11.8. The summed E-state index contributed by atoms with van der Waals surface area (Å²) in [5.74, 6) is 0.393. The minimum Gasteiger partial charge on any atom is -0.508 e. The van der Waals surface area contributed by atoms with Gasteiger partial charge in [0.1, 0.15) is 22.7 Å². The van der Waals surface area contributed by atoms with E-state index < -0.39 is 17.2 Å². The van der Waals surface area contributed by atoms with E-state index in [1.807, 2.05) is 27.7 Å². The third kappa shape index (κ3) is 5.34. The summed E-state index contributed by atoms with van der Waals surface area (Å²) in [6.07, 6.45) is 1.66. The van der Waals surface area contributed by atoms with Gasteiger partial charge in [0.25, 0.3) is 0 Å². The lowest BCUT2D eigenvalue weighted by atomic mass is 9.92. The molecule has 1 rings (SSSR count). The summed E-state index contributed by atoms with van der Waals surface area (Å²) in [7, 11) is 0. The molecule has 0 aromatic heterocycles. The Bertz CT molecular complexity index is 472. The first-order chi connectivity index (χ1) is 9.13. The Morgan fingerprint density at radius 2 is 1.75 bits per heavy atom. The van der Waals surface area contributed by atoms with Gasteiger partial charge < -0.3 is 14.6 Å². The number of hydrogen-bond acceptors (Lipinski definition) is 4. The molecule has 0 saturated heterocycles. The first-order valence-corrected chi connectivity index (χ1v) is 6.47. The molecule has 0 fully saturated rings. The molecule has 0 aliphatic carbocycles. The van der Waals surface area contributed by atoms with Gasteiger partial charge in [0.15, 0.2) is 0 Å². The molecule has 1 N–H and O–H groups in total. The Kier molecular flexibility index (Phi) is 4.82. The van der Waals surface area contributed by atoms with Gasteiger partial charge in [-0.1, -0.05) is 6.58 Å². The van der Waals surface area contributed by atoms with Gasteiger partial charge in [-0.25, -0.2) is 4.79 Å². The van der Waals surface area contributed by atoms with E-state index in [9.17, 15) is 9.90 Å². The first kappa shape index (κ1) is 16.1. The van der Waals surface area contributed by atoms with Crippen LogP contribution in [0.4, 0.5) is 0 Å². The van der Waals surface area contributed by atoms with E-state index in [2.05, 4.69) is 6.58 Å². The van der Waals surface area contributed by atoms with Gasteiger partial charge in [-0.3, -0.25) is 0 Å². The minimum atomic E-state index is -0.661. The summed E-state index contributed by atoms with van der Waals surface area (Å²) in [6.45, 7) is 10.9. The molecule has 0 aliphatic heterocycles. The van der Waals surface area contributed by atoms with E-state index in [4.69, 9.17) is 9.47 Å². The van der Waals surface area contributed by atoms with Crippen LogP contribution in [0.15, 0.2) is 36.9 Å². The zero-order valence-corrected chi connectivity index (χ0v) is 12.5. The van der Waals surface area contributed by atoms with Gasteiger partial charge in [0.05, 0.1) is 0 Å². The molecule has 0 heterocycles. The van der Waals surface area contributed by atoms with Crippen molar-refractivity contribution in [3.63, 3.8) is 0 Å². The van der Waals surface area contributed by atoms with E-state index in [0.29, 0.717) is 12.2 Å². The van der Waals surface area contributed by atoms with E-state index in [0.717, 1.165) is 6.08 Å². The van der Waals surface area contributed by atoms with Crippen LogP contribution in [0.2, 0.25) is 0 Å². The topological polar surface area (TPSA) is 55.8 Å². The van der Waals surface area contributed by atoms with Gasteiger partial charge in [-0.2, -0.15) is 0 Å². The second-order valence-electron chi connectivity index (χ2n) is 5.92. The molecule has 0 spiro atoms. The number of ether oxygens (including phenoxy) is 2. The maximum absolute atomic E-state index is 11.3. The van der Waals surface area contributed by atoms with Crippen LogP contribution in [0.25, 0.3) is 0 Å². The highest BCUT2D eigenvalue weighted by Gasteiger charge is 2.33. The summed E-state index contributed by atoms with van der Waals surface area (Å²) in [6, 6.07) is 6.52. The predicted molar refractivity (Wildman–Crippen MR) is 77.8 cm³/mol. The molecule has 1 aromatic rings. The molecule has 0 radical (unpaired) electrons. The van der Waals surface area contributed by atoms with Crippen molar-refractivity contribution in [2.75, 3.05) is 0 Å². The average Bonchev–Trinajstić information content (AvgIpc) is 2.29. The molecular weight excluding hydrogens is 256 g/mol. The van der Waals surface area contributed by atoms with Crippen LogP contribution in [-0.2, 0) is 9.53 Å². The van der Waals surface area contributed by atoms with Crippen molar-refractivity contribution in [1.82, 2.24) is 0 Å². The second kappa shape index (κ2) is 5.99. The second-order valence-corrected chi connectivity index (χ2v) is 5.92. The molecule has 1 aromatic carbocycles. The van der Waals surface area contributed by atoms with E-state index >= 15 is 0 Å². The van der Waals surface area contributed by atoms with Gasteiger partial charge in [-0.15, -0.1) is 0 Å². The van der Waals surface area contributed by atoms with Crippen molar-refractivity contribution >= 4 is 5.97 Å². The van der Waals surface area contributed by atoms with Gasteiger partial charge in [0.2, 0.25) is 0 Å². The maximum Gasteiger partial charge on any atom is 0.330 e. The van der Waals surface area contributed by atoms with Crippen LogP contribution in [0.3, 0.4) is 0 Å². The Morgan fingerprint density at radius 3 is 2.25 bits per heavy atom. The largest absolute Gasteiger partial charge is 0.508 e. The molecule has 0 saturated carbocycles. The van der Waals surface area contributed by atoms with Crippen LogP contribution < -0.4 is 4.74 Å². The fraction of sp³-hybridized carbons (Fsp3) is 0.438. The molecule has 20 heavy (non-hydrogen) atoms. The minimum absolute atomic E-state index is 0.190.